The van der Waals surface area contributed by atoms with Crippen LogP contribution >= 0.6 is 0 Å². The van der Waals surface area contributed by atoms with Gasteiger partial charge in [0.05, 0.1) is 6.54 Å². The fourth-order valence-corrected chi connectivity index (χ4v) is 1.77. The second-order valence-corrected chi connectivity index (χ2v) is 4.14. The van der Waals surface area contributed by atoms with E-state index in [1.165, 1.54) is 5.56 Å². The maximum Gasteiger partial charge on any atom is 0.243 e. The third-order valence-electron chi connectivity index (χ3n) is 2.68. The number of nitrogens with one attached hydrogen (secondary N) is 1. The van der Waals surface area contributed by atoms with Gasteiger partial charge < -0.3 is 5.32 Å². The van der Waals surface area contributed by atoms with Gasteiger partial charge in [0.25, 0.3) is 0 Å². The summed E-state index contributed by atoms with van der Waals surface area (Å²) in [5, 5.41) is 11.7. The number of anilines is 1. The van der Waals surface area contributed by atoms with Crippen LogP contribution in [0, 0.1) is 6.92 Å². The van der Waals surface area contributed by atoms with E-state index in [4.69, 9.17) is 0 Å². The lowest BCUT2D eigenvalue weighted by Gasteiger charge is -2.01. The molecule has 18 heavy (non-hydrogen) atoms. The van der Waals surface area contributed by atoms with Gasteiger partial charge in [-0.15, -0.1) is 5.10 Å². The Morgan fingerprint density at radius 3 is 3.11 bits per heavy atom. The second kappa shape index (κ2) is 4.48. The average Bonchev–Trinajstić information content (AvgIpc) is 2.97. The van der Waals surface area contributed by atoms with Crippen LogP contribution in [0.25, 0.3) is 5.65 Å². The maximum atomic E-state index is 4.40. The molecule has 92 valence electrons. The molecular formula is C12H14N6. The van der Waals surface area contributed by atoms with Crippen molar-refractivity contribution in [3.8, 4) is 0 Å². The minimum Gasteiger partial charge on any atom is -0.351 e. The number of nitrogens with zero attached hydrogens (tertiary/aromatic N) is 5. The van der Waals surface area contributed by atoms with Gasteiger partial charge in [0.1, 0.15) is 0 Å². The van der Waals surface area contributed by atoms with Gasteiger partial charge in [-0.05, 0) is 30.7 Å². The van der Waals surface area contributed by atoms with E-state index in [-0.39, 0.29) is 0 Å². The lowest BCUT2D eigenvalue weighted by atomic mass is 10.3. The molecule has 3 heterocycles. The van der Waals surface area contributed by atoms with Crippen LogP contribution in [0.4, 0.5) is 5.95 Å². The van der Waals surface area contributed by atoms with Gasteiger partial charge in [-0.1, -0.05) is 0 Å². The number of hydrogen-bond acceptors (Lipinski definition) is 4. The summed E-state index contributed by atoms with van der Waals surface area (Å²) < 4.78 is 3.64. The Bertz CT molecular complexity index is 640. The topological polar surface area (TPSA) is 60.0 Å². The number of fused-ring (bicyclic) bond motifs is 1. The fraction of sp³-hybridized carbons (Fsp3) is 0.250. The first-order valence-corrected chi connectivity index (χ1v) is 5.85. The average molecular weight is 242 g/mol. The molecule has 6 heteroatoms. The highest BCUT2D eigenvalue weighted by molar-refractivity contribution is 5.45. The molecule has 0 radical (unpaired) electrons. The fourth-order valence-electron chi connectivity index (χ4n) is 1.77. The monoisotopic (exact) mass is 242 g/mol. The SMILES string of the molecule is Cc1ccn2nc(NCCn3cccn3)nc2c1. The molecule has 0 amide bonds. The molecule has 0 aliphatic rings. The molecule has 0 saturated carbocycles. The zero-order valence-electron chi connectivity index (χ0n) is 10.1. The number of pyridine rings is 1. The molecule has 3 rings (SSSR count). The lowest BCUT2D eigenvalue weighted by Crippen LogP contribution is -2.11. The summed E-state index contributed by atoms with van der Waals surface area (Å²) in [6.45, 7) is 3.58. The largest absolute Gasteiger partial charge is 0.351 e. The van der Waals surface area contributed by atoms with E-state index in [2.05, 4.69) is 20.5 Å². The van der Waals surface area contributed by atoms with Crippen molar-refractivity contribution in [1.82, 2.24) is 24.4 Å². The van der Waals surface area contributed by atoms with Crippen LogP contribution in [0.1, 0.15) is 5.56 Å². The van der Waals surface area contributed by atoms with E-state index in [9.17, 15) is 0 Å². The molecule has 0 aliphatic heterocycles. The molecule has 0 saturated heterocycles. The molecule has 0 aromatic carbocycles. The summed E-state index contributed by atoms with van der Waals surface area (Å²) >= 11 is 0. The molecule has 0 aliphatic carbocycles. The summed E-state index contributed by atoms with van der Waals surface area (Å²) in [5.74, 6) is 0.646. The van der Waals surface area contributed by atoms with Crippen LogP contribution in [0.2, 0.25) is 0 Å². The van der Waals surface area contributed by atoms with E-state index in [0.29, 0.717) is 5.95 Å². The molecule has 0 bridgehead atoms. The Morgan fingerprint density at radius 2 is 2.28 bits per heavy atom. The van der Waals surface area contributed by atoms with Gasteiger partial charge >= 0.3 is 0 Å². The highest BCUT2D eigenvalue weighted by Gasteiger charge is 2.02. The Hall–Kier alpha value is -2.37. The summed E-state index contributed by atoms with van der Waals surface area (Å²) in [4.78, 5) is 4.40. The first kappa shape index (κ1) is 10.8. The van der Waals surface area contributed by atoms with Crippen molar-refractivity contribution in [2.75, 3.05) is 11.9 Å². The van der Waals surface area contributed by atoms with Gasteiger partial charge in [-0.2, -0.15) is 10.1 Å². The first-order valence-electron chi connectivity index (χ1n) is 5.85. The van der Waals surface area contributed by atoms with Gasteiger partial charge in [-0.25, -0.2) is 4.52 Å². The third-order valence-corrected chi connectivity index (χ3v) is 2.68. The highest BCUT2D eigenvalue weighted by atomic mass is 15.3. The van der Waals surface area contributed by atoms with Crippen molar-refractivity contribution in [1.29, 1.82) is 0 Å². The number of aromatic nitrogens is 5. The second-order valence-electron chi connectivity index (χ2n) is 4.14. The van der Waals surface area contributed by atoms with E-state index >= 15 is 0 Å². The van der Waals surface area contributed by atoms with Gasteiger partial charge in [0.15, 0.2) is 5.65 Å². The minimum absolute atomic E-state index is 0.646. The standard InChI is InChI=1S/C12H14N6/c1-10-3-7-18-11(9-10)15-12(16-18)13-5-8-17-6-2-4-14-17/h2-4,6-7,9H,5,8H2,1H3,(H,13,16). The molecule has 6 nitrogen and oxygen atoms in total. The Kier molecular flexibility index (Phi) is 2.68. The Morgan fingerprint density at radius 1 is 1.33 bits per heavy atom. The number of hydrogen-bond donors (Lipinski definition) is 1. The Balaban J connectivity index is 1.67. The number of rotatable bonds is 4. The molecule has 0 atom stereocenters. The minimum atomic E-state index is 0.646. The van der Waals surface area contributed by atoms with E-state index in [1.54, 1.807) is 10.7 Å². The number of aryl methyl sites for hydroxylation is 1. The summed E-state index contributed by atoms with van der Waals surface area (Å²) in [7, 11) is 0. The molecule has 3 aromatic heterocycles. The molecular weight excluding hydrogens is 228 g/mol. The predicted octanol–water partition coefficient (Wildman–Crippen LogP) is 1.35. The third kappa shape index (κ3) is 2.17. The summed E-state index contributed by atoms with van der Waals surface area (Å²) in [5.41, 5.74) is 2.04. The van der Waals surface area contributed by atoms with Crippen LogP contribution in [0.3, 0.4) is 0 Å². The first-order chi connectivity index (χ1) is 8.81. The van der Waals surface area contributed by atoms with Crippen molar-refractivity contribution in [2.45, 2.75) is 13.5 Å². The van der Waals surface area contributed by atoms with Crippen molar-refractivity contribution < 1.29 is 0 Å². The normalized spacial score (nSPS) is 10.9. The van der Waals surface area contributed by atoms with Crippen LogP contribution in [-0.4, -0.2) is 30.9 Å². The van der Waals surface area contributed by atoms with E-state index < -0.39 is 0 Å². The van der Waals surface area contributed by atoms with Crippen LogP contribution in [0.5, 0.6) is 0 Å². The van der Waals surface area contributed by atoms with Gasteiger partial charge in [-0.3, -0.25) is 4.68 Å². The molecule has 0 unspecified atom stereocenters. The highest BCUT2D eigenvalue weighted by Crippen LogP contribution is 2.07. The van der Waals surface area contributed by atoms with Crippen molar-refractivity contribution in [3.63, 3.8) is 0 Å². The van der Waals surface area contributed by atoms with E-state index in [0.717, 1.165) is 18.7 Å². The van der Waals surface area contributed by atoms with Gasteiger partial charge in [0, 0.05) is 25.1 Å². The lowest BCUT2D eigenvalue weighted by molar-refractivity contribution is 0.636. The predicted molar refractivity (Wildman–Crippen MR) is 68.4 cm³/mol. The molecule has 3 aromatic rings. The van der Waals surface area contributed by atoms with Gasteiger partial charge in [0.2, 0.25) is 5.95 Å². The Labute approximate surface area is 104 Å². The molecule has 0 fully saturated rings. The quantitative estimate of drug-likeness (QED) is 0.750. The zero-order chi connectivity index (χ0) is 12.4. The maximum absolute atomic E-state index is 4.40. The summed E-state index contributed by atoms with van der Waals surface area (Å²) in [6, 6.07) is 5.92. The van der Waals surface area contributed by atoms with Crippen LogP contribution in [-0.2, 0) is 6.54 Å². The smallest absolute Gasteiger partial charge is 0.243 e. The van der Waals surface area contributed by atoms with Crippen LogP contribution in [0.15, 0.2) is 36.8 Å². The zero-order valence-corrected chi connectivity index (χ0v) is 10.1. The summed E-state index contributed by atoms with van der Waals surface area (Å²) in [6.07, 6.45) is 5.62. The van der Waals surface area contributed by atoms with Crippen molar-refractivity contribution >= 4 is 11.6 Å². The molecule has 1 N–H and O–H groups in total. The van der Waals surface area contributed by atoms with E-state index in [1.807, 2.05) is 42.2 Å². The molecule has 0 spiro atoms. The van der Waals surface area contributed by atoms with Crippen molar-refractivity contribution in [2.24, 2.45) is 0 Å². The van der Waals surface area contributed by atoms with Crippen molar-refractivity contribution in [3.05, 3.63) is 42.4 Å². The van der Waals surface area contributed by atoms with Crippen LogP contribution < -0.4 is 5.32 Å².